The topological polar surface area (TPSA) is 12.0 Å². The average Bonchev–Trinajstić information content (AvgIpc) is 2.28. The second-order valence-electron chi connectivity index (χ2n) is 4.03. The molecule has 0 radical (unpaired) electrons. The summed E-state index contributed by atoms with van der Waals surface area (Å²) in [6.45, 7) is 4.84. The maximum absolute atomic E-state index is 13.4. The molecule has 0 saturated carbocycles. The number of halogens is 1. The van der Waals surface area contributed by atoms with Crippen LogP contribution >= 0.6 is 11.8 Å². The van der Waals surface area contributed by atoms with Gasteiger partial charge in [-0.2, -0.15) is 11.8 Å². The summed E-state index contributed by atoms with van der Waals surface area (Å²) in [6.07, 6.45) is 3.26. The third kappa shape index (κ3) is 4.14. The van der Waals surface area contributed by atoms with Crippen molar-refractivity contribution in [2.75, 3.05) is 18.6 Å². The fourth-order valence-electron chi connectivity index (χ4n) is 1.53. The summed E-state index contributed by atoms with van der Waals surface area (Å²) in [4.78, 5) is 0. The zero-order valence-corrected chi connectivity index (χ0v) is 11.0. The number of benzene rings is 1. The van der Waals surface area contributed by atoms with Gasteiger partial charge in [-0.15, -0.1) is 0 Å². The Kier molecular flexibility index (Phi) is 5.85. The van der Waals surface area contributed by atoms with Gasteiger partial charge in [0.1, 0.15) is 5.82 Å². The predicted molar refractivity (Wildman–Crippen MR) is 70.6 cm³/mol. The van der Waals surface area contributed by atoms with E-state index < -0.39 is 0 Å². The Balaban J connectivity index is 2.46. The van der Waals surface area contributed by atoms with Gasteiger partial charge in [-0.25, -0.2) is 4.39 Å². The van der Waals surface area contributed by atoms with Gasteiger partial charge in [0.25, 0.3) is 0 Å². The highest BCUT2D eigenvalue weighted by molar-refractivity contribution is 7.98. The minimum absolute atomic E-state index is 0.115. The third-order valence-electron chi connectivity index (χ3n) is 2.67. The summed E-state index contributed by atoms with van der Waals surface area (Å²) >= 11 is 1.85. The zero-order chi connectivity index (χ0) is 12.0. The molecule has 1 rings (SSSR count). The normalized spacial score (nSPS) is 12.8. The first kappa shape index (κ1) is 13.5. The van der Waals surface area contributed by atoms with Crippen LogP contribution in [0.4, 0.5) is 4.39 Å². The molecular weight excluding hydrogens is 221 g/mol. The number of nitrogens with one attached hydrogen (secondary N) is 1. The molecule has 0 amide bonds. The van der Waals surface area contributed by atoms with Crippen LogP contribution in [-0.4, -0.2) is 18.6 Å². The van der Waals surface area contributed by atoms with Crippen LogP contribution in [0.25, 0.3) is 0 Å². The fraction of sp³-hybridized carbons (Fsp3) is 0.538. The maximum atomic E-state index is 13.4. The first-order valence-electron chi connectivity index (χ1n) is 5.63. The van der Waals surface area contributed by atoms with Gasteiger partial charge in [0.05, 0.1) is 0 Å². The molecule has 1 aromatic carbocycles. The highest BCUT2D eigenvalue weighted by Gasteiger charge is 2.06. The molecule has 3 heteroatoms. The van der Waals surface area contributed by atoms with E-state index in [0.29, 0.717) is 5.56 Å². The summed E-state index contributed by atoms with van der Waals surface area (Å²) in [6, 6.07) is 5.67. The van der Waals surface area contributed by atoms with Gasteiger partial charge >= 0.3 is 0 Å². The molecule has 1 N–H and O–H groups in total. The highest BCUT2D eigenvalue weighted by Crippen LogP contribution is 2.16. The molecule has 1 nitrogen and oxygen atoms in total. The van der Waals surface area contributed by atoms with Gasteiger partial charge in [-0.05, 0) is 56.0 Å². The lowest BCUT2D eigenvalue weighted by molar-refractivity contribution is 0.562. The maximum Gasteiger partial charge on any atom is 0.126 e. The van der Waals surface area contributed by atoms with Gasteiger partial charge in [0.15, 0.2) is 0 Å². The summed E-state index contributed by atoms with van der Waals surface area (Å²) < 4.78 is 13.4. The first-order valence-corrected chi connectivity index (χ1v) is 7.03. The molecule has 16 heavy (non-hydrogen) atoms. The van der Waals surface area contributed by atoms with Crippen LogP contribution in [0, 0.1) is 12.7 Å². The van der Waals surface area contributed by atoms with E-state index in [2.05, 4.69) is 18.5 Å². The van der Waals surface area contributed by atoms with Crippen molar-refractivity contribution in [3.05, 3.63) is 35.1 Å². The lowest BCUT2D eigenvalue weighted by Gasteiger charge is -2.14. The van der Waals surface area contributed by atoms with Gasteiger partial charge < -0.3 is 5.32 Å². The van der Waals surface area contributed by atoms with Crippen LogP contribution in [0.1, 0.15) is 30.5 Å². The largest absolute Gasteiger partial charge is 0.310 e. The van der Waals surface area contributed by atoms with Gasteiger partial charge in [0, 0.05) is 6.04 Å². The minimum atomic E-state index is -0.115. The molecule has 1 atom stereocenters. The molecule has 0 aliphatic rings. The molecule has 0 fully saturated rings. The molecular formula is C13H20FNS. The van der Waals surface area contributed by atoms with Crippen molar-refractivity contribution >= 4 is 11.8 Å². The Morgan fingerprint density at radius 2 is 2.19 bits per heavy atom. The van der Waals surface area contributed by atoms with Crippen molar-refractivity contribution in [1.29, 1.82) is 0 Å². The number of rotatable bonds is 6. The van der Waals surface area contributed by atoms with Crippen molar-refractivity contribution in [2.24, 2.45) is 0 Å². The van der Waals surface area contributed by atoms with Gasteiger partial charge in [0.2, 0.25) is 0 Å². The van der Waals surface area contributed by atoms with Crippen molar-refractivity contribution in [3.63, 3.8) is 0 Å². The van der Waals surface area contributed by atoms with Crippen LogP contribution < -0.4 is 5.32 Å². The van der Waals surface area contributed by atoms with E-state index in [1.54, 1.807) is 13.0 Å². The summed E-state index contributed by atoms with van der Waals surface area (Å²) in [7, 11) is 0. The average molecular weight is 241 g/mol. The van der Waals surface area contributed by atoms with E-state index in [0.717, 1.165) is 18.5 Å². The van der Waals surface area contributed by atoms with Crippen LogP contribution in [0.3, 0.4) is 0 Å². The number of aryl methyl sites for hydroxylation is 1. The van der Waals surface area contributed by atoms with E-state index in [1.165, 1.54) is 5.75 Å². The van der Waals surface area contributed by atoms with Crippen molar-refractivity contribution in [3.8, 4) is 0 Å². The van der Waals surface area contributed by atoms with E-state index in [1.807, 2.05) is 23.9 Å². The summed E-state index contributed by atoms with van der Waals surface area (Å²) in [5.41, 5.74) is 1.73. The summed E-state index contributed by atoms with van der Waals surface area (Å²) in [5.74, 6) is 1.05. The number of thioether (sulfide) groups is 1. The van der Waals surface area contributed by atoms with Gasteiger partial charge in [-0.1, -0.05) is 12.1 Å². The smallest absolute Gasteiger partial charge is 0.126 e. The molecule has 1 aromatic rings. The predicted octanol–water partition coefficient (Wildman–Crippen LogP) is 3.54. The van der Waals surface area contributed by atoms with E-state index in [9.17, 15) is 4.39 Å². The molecule has 90 valence electrons. The second-order valence-corrected chi connectivity index (χ2v) is 5.02. The SMILES string of the molecule is CSCCCNC(C)c1ccc(C)c(F)c1. The number of hydrogen-bond acceptors (Lipinski definition) is 2. The highest BCUT2D eigenvalue weighted by atomic mass is 32.2. The summed E-state index contributed by atoms with van der Waals surface area (Å²) in [5, 5.41) is 3.40. The van der Waals surface area contributed by atoms with Gasteiger partial charge in [-0.3, -0.25) is 0 Å². The zero-order valence-electron chi connectivity index (χ0n) is 10.2. The van der Waals surface area contributed by atoms with Crippen molar-refractivity contribution in [2.45, 2.75) is 26.3 Å². The Bertz CT molecular complexity index is 328. The van der Waals surface area contributed by atoms with E-state index in [-0.39, 0.29) is 11.9 Å². The van der Waals surface area contributed by atoms with Crippen molar-refractivity contribution in [1.82, 2.24) is 5.32 Å². The first-order chi connectivity index (χ1) is 7.65. The lowest BCUT2D eigenvalue weighted by Crippen LogP contribution is -2.20. The minimum Gasteiger partial charge on any atom is -0.310 e. The second kappa shape index (κ2) is 6.92. The van der Waals surface area contributed by atoms with Crippen LogP contribution in [0.5, 0.6) is 0 Å². The molecule has 0 spiro atoms. The quantitative estimate of drug-likeness (QED) is 0.765. The molecule has 0 heterocycles. The molecule has 0 saturated heterocycles. The molecule has 1 unspecified atom stereocenters. The Morgan fingerprint density at radius 1 is 1.44 bits per heavy atom. The molecule has 0 bridgehead atoms. The van der Waals surface area contributed by atoms with Crippen LogP contribution in [0.15, 0.2) is 18.2 Å². The number of hydrogen-bond donors (Lipinski definition) is 1. The third-order valence-corrected chi connectivity index (χ3v) is 3.37. The Hall–Kier alpha value is -0.540. The van der Waals surface area contributed by atoms with Crippen molar-refractivity contribution < 1.29 is 4.39 Å². The van der Waals surface area contributed by atoms with Crippen LogP contribution in [-0.2, 0) is 0 Å². The van der Waals surface area contributed by atoms with E-state index >= 15 is 0 Å². The fourth-order valence-corrected chi connectivity index (χ4v) is 1.96. The molecule has 0 aliphatic heterocycles. The van der Waals surface area contributed by atoms with E-state index in [4.69, 9.17) is 0 Å². The molecule has 0 aliphatic carbocycles. The standard InChI is InChI=1S/C13H20FNS/c1-10-5-6-12(9-13(10)14)11(2)15-7-4-8-16-3/h5-6,9,11,15H,4,7-8H2,1-3H3. The molecule has 0 aromatic heterocycles. The monoisotopic (exact) mass is 241 g/mol. The Labute approximate surface area is 102 Å². The van der Waals surface area contributed by atoms with Crippen LogP contribution in [0.2, 0.25) is 0 Å². The lowest BCUT2D eigenvalue weighted by atomic mass is 10.1. The Morgan fingerprint density at radius 3 is 2.81 bits per heavy atom.